The number of benzene rings is 1. The van der Waals surface area contributed by atoms with Crippen molar-refractivity contribution in [2.75, 3.05) is 32.2 Å². The van der Waals surface area contributed by atoms with E-state index in [9.17, 15) is 0 Å². The van der Waals surface area contributed by atoms with Crippen molar-refractivity contribution in [3.05, 3.63) is 59.8 Å². The minimum absolute atomic E-state index is 0.101. The van der Waals surface area contributed by atoms with Gasteiger partial charge in [-0.15, -0.1) is 0 Å². The lowest BCUT2D eigenvalue weighted by Crippen LogP contribution is -2.27. The van der Waals surface area contributed by atoms with Crippen LogP contribution in [0, 0.1) is 0 Å². The quantitative estimate of drug-likeness (QED) is 0.849. The highest BCUT2D eigenvalue weighted by atomic mass is 16.5. The number of nitrogens with zero attached hydrogens (tertiary/aromatic N) is 2. The molecule has 4 nitrogen and oxygen atoms in total. The molecule has 1 aromatic carbocycles. The Morgan fingerprint density at radius 3 is 2.27 bits per heavy atom. The summed E-state index contributed by atoms with van der Waals surface area (Å²) in [5.41, 5.74) is 2.36. The summed E-state index contributed by atoms with van der Waals surface area (Å²) in [7, 11) is 3.47. The monoisotopic (exact) mass is 298 g/mol. The van der Waals surface area contributed by atoms with Gasteiger partial charge in [-0.25, -0.2) is 4.98 Å². The van der Waals surface area contributed by atoms with Crippen LogP contribution in [-0.2, 0) is 15.9 Å². The molecule has 2 atom stereocenters. The van der Waals surface area contributed by atoms with E-state index in [1.54, 1.807) is 14.2 Å². The molecule has 0 spiro atoms. The summed E-state index contributed by atoms with van der Waals surface area (Å²) in [5, 5.41) is 0. The Kier molecular flexibility index (Phi) is 4.71. The Labute approximate surface area is 131 Å². The Morgan fingerprint density at radius 2 is 1.64 bits per heavy atom. The third kappa shape index (κ3) is 3.29. The zero-order valence-electron chi connectivity index (χ0n) is 13.1. The SMILES string of the molecule is COC1CN(c2cccc(Cc3ccccc3)n2)CC1OC. The van der Waals surface area contributed by atoms with E-state index in [-0.39, 0.29) is 12.2 Å². The van der Waals surface area contributed by atoms with E-state index in [1.165, 1.54) is 5.56 Å². The van der Waals surface area contributed by atoms with Gasteiger partial charge in [-0.05, 0) is 17.7 Å². The smallest absolute Gasteiger partial charge is 0.128 e. The molecule has 1 saturated heterocycles. The Balaban J connectivity index is 1.74. The summed E-state index contributed by atoms with van der Waals surface area (Å²) >= 11 is 0. The molecule has 0 N–H and O–H groups in total. The fourth-order valence-electron chi connectivity index (χ4n) is 2.93. The van der Waals surface area contributed by atoms with Gasteiger partial charge in [0.15, 0.2) is 0 Å². The van der Waals surface area contributed by atoms with E-state index in [4.69, 9.17) is 14.5 Å². The van der Waals surface area contributed by atoms with Crippen molar-refractivity contribution in [1.82, 2.24) is 4.98 Å². The number of pyridine rings is 1. The van der Waals surface area contributed by atoms with Crippen LogP contribution in [0.5, 0.6) is 0 Å². The van der Waals surface area contributed by atoms with Crippen molar-refractivity contribution in [3.8, 4) is 0 Å². The third-order valence-electron chi connectivity index (χ3n) is 4.16. The Bertz CT molecular complexity index is 591. The van der Waals surface area contributed by atoms with Gasteiger partial charge in [0, 0.05) is 39.4 Å². The molecule has 0 radical (unpaired) electrons. The maximum atomic E-state index is 5.50. The predicted molar refractivity (Wildman–Crippen MR) is 87.3 cm³/mol. The first kappa shape index (κ1) is 15.0. The van der Waals surface area contributed by atoms with Crippen LogP contribution in [0.3, 0.4) is 0 Å². The summed E-state index contributed by atoms with van der Waals surface area (Å²) in [5.74, 6) is 0.995. The van der Waals surface area contributed by atoms with Gasteiger partial charge in [0.05, 0.1) is 0 Å². The fraction of sp³-hybridized carbons (Fsp3) is 0.389. The van der Waals surface area contributed by atoms with E-state index in [1.807, 2.05) is 6.07 Å². The standard InChI is InChI=1S/C18H22N2O2/c1-21-16-12-20(13-17(16)22-2)18-10-6-9-15(19-18)11-14-7-4-3-5-8-14/h3-10,16-17H,11-13H2,1-2H3. The number of aromatic nitrogens is 1. The predicted octanol–water partition coefficient (Wildman–Crippen LogP) is 2.52. The minimum Gasteiger partial charge on any atom is -0.377 e. The summed E-state index contributed by atoms with van der Waals surface area (Å²) < 4.78 is 11.0. The minimum atomic E-state index is 0.101. The molecule has 0 bridgehead atoms. The van der Waals surface area contributed by atoms with E-state index in [0.29, 0.717) is 0 Å². The zero-order valence-corrected chi connectivity index (χ0v) is 13.1. The van der Waals surface area contributed by atoms with E-state index in [0.717, 1.165) is 31.0 Å². The van der Waals surface area contributed by atoms with Crippen LogP contribution in [-0.4, -0.2) is 44.5 Å². The van der Waals surface area contributed by atoms with E-state index >= 15 is 0 Å². The van der Waals surface area contributed by atoms with Gasteiger partial charge < -0.3 is 14.4 Å². The van der Waals surface area contributed by atoms with Gasteiger partial charge in [-0.3, -0.25) is 0 Å². The highest BCUT2D eigenvalue weighted by molar-refractivity contribution is 5.42. The molecule has 1 aliphatic rings. The molecule has 4 heteroatoms. The first-order valence-corrected chi connectivity index (χ1v) is 7.60. The van der Waals surface area contributed by atoms with E-state index in [2.05, 4.69) is 47.4 Å². The molecule has 0 aliphatic carbocycles. The second-order valence-corrected chi connectivity index (χ2v) is 5.60. The molecular weight excluding hydrogens is 276 g/mol. The third-order valence-corrected chi connectivity index (χ3v) is 4.16. The van der Waals surface area contributed by atoms with Crippen LogP contribution in [0.25, 0.3) is 0 Å². The zero-order chi connectivity index (χ0) is 15.4. The molecule has 0 saturated carbocycles. The molecule has 22 heavy (non-hydrogen) atoms. The van der Waals surface area contributed by atoms with Gasteiger partial charge in [0.1, 0.15) is 18.0 Å². The Hall–Kier alpha value is -1.91. The molecule has 2 aromatic rings. The van der Waals surface area contributed by atoms with Crippen LogP contribution >= 0.6 is 0 Å². The number of rotatable bonds is 5. The summed E-state index contributed by atoms with van der Waals surface area (Å²) in [6.45, 7) is 1.63. The lowest BCUT2D eigenvalue weighted by molar-refractivity contribution is -0.00461. The van der Waals surface area contributed by atoms with Gasteiger partial charge in [0.25, 0.3) is 0 Å². The van der Waals surface area contributed by atoms with Crippen molar-refractivity contribution in [1.29, 1.82) is 0 Å². The number of hydrogen-bond donors (Lipinski definition) is 0. The van der Waals surface area contributed by atoms with Gasteiger partial charge in [-0.1, -0.05) is 36.4 Å². The molecule has 3 rings (SSSR count). The number of hydrogen-bond acceptors (Lipinski definition) is 4. The van der Waals surface area contributed by atoms with Crippen LogP contribution in [0.4, 0.5) is 5.82 Å². The molecule has 0 amide bonds. The van der Waals surface area contributed by atoms with Crippen molar-refractivity contribution in [2.24, 2.45) is 0 Å². The maximum absolute atomic E-state index is 5.50. The van der Waals surface area contributed by atoms with Crippen molar-refractivity contribution >= 4 is 5.82 Å². The molecule has 1 aliphatic heterocycles. The summed E-state index contributed by atoms with van der Waals surface area (Å²) in [4.78, 5) is 7.04. The highest BCUT2D eigenvalue weighted by Gasteiger charge is 2.33. The summed E-state index contributed by atoms with van der Waals surface area (Å²) in [6.07, 6.45) is 1.05. The van der Waals surface area contributed by atoms with Crippen LogP contribution < -0.4 is 4.90 Å². The first-order chi connectivity index (χ1) is 10.8. The van der Waals surface area contributed by atoms with Gasteiger partial charge in [-0.2, -0.15) is 0 Å². The molecular formula is C18H22N2O2. The molecule has 2 unspecified atom stereocenters. The van der Waals surface area contributed by atoms with E-state index < -0.39 is 0 Å². The van der Waals surface area contributed by atoms with Gasteiger partial charge >= 0.3 is 0 Å². The van der Waals surface area contributed by atoms with Gasteiger partial charge in [0.2, 0.25) is 0 Å². The second kappa shape index (κ2) is 6.90. The van der Waals surface area contributed by atoms with Crippen LogP contribution in [0.2, 0.25) is 0 Å². The van der Waals surface area contributed by atoms with Crippen molar-refractivity contribution in [3.63, 3.8) is 0 Å². The molecule has 1 fully saturated rings. The fourth-order valence-corrected chi connectivity index (χ4v) is 2.93. The highest BCUT2D eigenvalue weighted by Crippen LogP contribution is 2.22. The normalized spacial score (nSPS) is 21.3. The molecule has 1 aromatic heterocycles. The average Bonchev–Trinajstić information content (AvgIpc) is 2.99. The largest absolute Gasteiger partial charge is 0.377 e. The lowest BCUT2D eigenvalue weighted by atomic mass is 10.1. The topological polar surface area (TPSA) is 34.6 Å². The van der Waals surface area contributed by atoms with Crippen molar-refractivity contribution < 1.29 is 9.47 Å². The maximum Gasteiger partial charge on any atom is 0.128 e. The second-order valence-electron chi connectivity index (χ2n) is 5.60. The first-order valence-electron chi connectivity index (χ1n) is 7.60. The molecule has 116 valence electrons. The molecule has 2 heterocycles. The number of methoxy groups -OCH3 is 2. The summed E-state index contributed by atoms with van der Waals surface area (Å²) in [6, 6.07) is 16.6. The lowest BCUT2D eigenvalue weighted by Gasteiger charge is -2.17. The van der Waals surface area contributed by atoms with Crippen molar-refractivity contribution in [2.45, 2.75) is 18.6 Å². The average molecular weight is 298 g/mol. The number of anilines is 1. The Morgan fingerprint density at radius 1 is 0.955 bits per heavy atom. The van der Waals surface area contributed by atoms with Crippen LogP contribution in [0.1, 0.15) is 11.3 Å². The number of ether oxygens (including phenoxy) is 2. The van der Waals surface area contributed by atoms with Crippen LogP contribution in [0.15, 0.2) is 48.5 Å².